The molecular formula is C25H29Cl2F2N5O4S2. The average Bonchev–Trinajstić information content (AvgIpc) is 3.45. The summed E-state index contributed by atoms with van der Waals surface area (Å²) >= 11 is 14.3. The van der Waals surface area contributed by atoms with E-state index in [1.165, 1.54) is 11.0 Å². The summed E-state index contributed by atoms with van der Waals surface area (Å²) < 4.78 is 49.3. The number of amides is 1. The fourth-order valence-corrected chi connectivity index (χ4v) is 7.60. The van der Waals surface area contributed by atoms with Crippen LogP contribution in [0, 0.1) is 0 Å². The van der Waals surface area contributed by atoms with Gasteiger partial charge in [-0.15, -0.1) is 21.5 Å². The Morgan fingerprint density at radius 3 is 2.52 bits per heavy atom. The van der Waals surface area contributed by atoms with Crippen LogP contribution >= 0.6 is 34.5 Å². The second-order valence-electron chi connectivity index (χ2n) is 10.5. The number of nitrogens with zero attached hydrogens (tertiary/aromatic N) is 4. The van der Waals surface area contributed by atoms with E-state index in [4.69, 9.17) is 27.6 Å². The van der Waals surface area contributed by atoms with Crippen LogP contribution in [0.1, 0.15) is 56.9 Å². The van der Waals surface area contributed by atoms with Crippen molar-refractivity contribution in [3.63, 3.8) is 0 Å². The molecule has 0 radical (unpaired) electrons. The fraction of sp³-hybridized carbons (Fsp3) is 0.480. The van der Waals surface area contributed by atoms with Crippen molar-refractivity contribution in [2.24, 2.45) is 0 Å². The zero-order valence-electron chi connectivity index (χ0n) is 22.3. The number of halogens is 4. The highest BCUT2D eigenvalue weighted by atomic mass is 35.5. The zero-order chi connectivity index (χ0) is 29.6. The Morgan fingerprint density at radius 1 is 1.27 bits per heavy atom. The highest BCUT2D eigenvalue weighted by Crippen LogP contribution is 2.43. The van der Waals surface area contributed by atoms with Crippen molar-refractivity contribution in [3.05, 3.63) is 33.8 Å². The van der Waals surface area contributed by atoms with Crippen molar-refractivity contribution in [1.29, 1.82) is 0 Å². The molecule has 1 aliphatic rings. The number of likely N-dealkylation sites (tertiary alicyclic amines) is 1. The number of aliphatic hydroxyl groups is 1. The predicted octanol–water partition coefficient (Wildman–Crippen LogP) is 5.34. The average molecular weight is 637 g/mol. The SMILES string of the molecule is C=S(=O)(NC(C)C)c1ccc(-c2sc(-c3nnc(CC(C)(C)O)o3)nc2C(=O)N2CCC(F)(F)CC2)c(Cl)c1Cl. The van der Waals surface area contributed by atoms with Gasteiger partial charge in [0.1, 0.15) is 5.69 Å². The van der Waals surface area contributed by atoms with Gasteiger partial charge in [-0.25, -0.2) is 22.7 Å². The summed E-state index contributed by atoms with van der Waals surface area (Å²) in [6.45, 7) is 6.51. The lowest BCUT2D eigenvalue weighted by atomic mass is 10.1. The van der Waals surface area contributed by atoms with Gasteiger partial charge in [0, 0.05) is 37.5 Å². The maximum Gasteiger partial charge on any atom is 0.276 e. The molecule has 3 heterocycles. The molecule has 218 valence electrons. The van der Waals surface area contributed by atoms with Crippen molar-refractivity contribution in [1.82, 2.24) is 24.8 Å². The summed E-state index contributed by atoms with van der Waals surface area (Å²) in [6, 6.07) is 2.92. The Bertz CT molecular complexity index is 1520. The number of hydrogen-bond acceptors (Lipinski definition) is 8. The van der Waals surface area contributed by atoms with Gasteiger partial charge in [0.15, 0.2) is 5.01 Å². The van der Waals surface area contributed by atoms with E-state index in [9.17, 15) is 22.9 Å². The summed E-state index contributed by atoms with van der Waals surface area (Å²) in [5.41, 5.74) is -0.826. The standard InChI is InChI=1S/C25H29Cl2F2N5O4S2/c1-13(2)33-40(5,37)15-7-6-14(17(26)18(15)27)20-19(23(35)34-10-8-25(28,29)9-11-34)30-22(39-20)21-32-31-16(38-21)12-24(3,4)36/h6-7,13,36H,5,8-12H2,1-4H3,(H,33,37). The molecule has 2 N–H and O–H groups in total. The number of alkyl halides is 2. The normalized spacial score (nSPS) is 17.3. The number of aromatic nitrogens is 3. The molecule has 1 amide bonds. The van der Waals surface area contributed by atoms with Crippen LogP contribution in [0.2, 0.25) is 10.0 Å². The topological polar surface area (TPSA) is 121 Å². The Labute approximate surface area is 245 Å². The molecule has 0 aliphatic carbocycles. The number of hydrogen-bond donors (Lipinski definition) is 2. The first-order valence-electron chi connectivity index (χ1n) is 12.3. The van der Waals surface area contributed by atoms with Crippen molar-refractivity contribution < 1.29 is 27.3 Å². The second kappa shape index (κ2) is 11.3. The molecule has 9 nitrogen and oxygen atoms in total. The van der Waals surface area contributed by atoms with Crippen LogP contribution in [-0.2, 0) is 16.1 Å². The molecule has 4 rings (SSSR count). The molecule has 1 aromatic carbocycles. The minimum Gasteiger partial charge on any atom is -0.419 e. The number of carbonyl (C=O) groups excluding carboxylic acids is 1. The summed E-state index contributed by atoms with van der Waals surface area (Å²) in [4.78, 5) is 19.8. The van der Waals surface area contributed by atoms with E-state index >= 15 is 0 Å². The molecule has 3 aromatic rings. The highest BCUT2D eigenvalue weighted by molar-refractivity contribution is 7.98. The highest BCUT2D eigenvalue weighted by Gasteiger charge is 2.37. The Balaban J connectivity index is 1.80. The third-order valence-corrected chi connectivity index (χ3v) is 9.89. The van der Waals surface area contributed by atoms with Crippen molar-refractivity contribution in [2.45, 2.75) is 69.4 Å². The van der Waals surface area contributed by atoms with Gasteiger partial charge in [0.2, 0.25) is 5.89 Å². The molecule has 40 heavy (non-hydrogen) atoms. The van der Waals surface area contributed by atoms with E-state index in [-0.39, 0.29) is 63.0 Å². The smallest absolute Gasteiger partial charge is 0.276 e. The van der Waals surface area contributed by atoms with E-state index in [1.54, 1.807) is 19.9 Å². The van der Waals surface area contributed by atoms with Crippen molar-refractivity contribution >= 4 is 56.0 Å². The molecule has 2 aromatic heterocycles. The quantitative estimate of drug-likeness (QED) is 0.320. The molecule has 0 bridgehead atoms. The van der Waals surface area contributed by atoms with Crippen LogP contribution in [-0.4, -0.2) is 71.8 Å². The molecule has 15 heteroatoms. The molecule has 1 fully saturated rings. The van der Waals surface area contributed by atoms with E-state index in [1.807, 2.05) is 13.8 Å². The summed E-state index contributed by atoms with van der Waals surface area (Å²) in [5, 5.41) is 18.2. The Morgan fingerprint density at radius 2 is 1.93 bits per heavy atom. The number of piperidine rings is 1. The van der Waals surface area contributed by atoms with Crippen LogP contribution in [0.25, 0.3) is 21.3 Å². The van der Waals surface area contributed by atoms with E-state index < -0.39 is 40.0 Å². The summed E-state index contributed by atoms with van der Waals surface area (Å²) in [7, 11) is -2.99. The Hall–Kier alpha value is -2.16. The maximum absolute atomic E-state index is 13.8. The Kier molecular flexibility index (Phi) is 8.66. The van der Waals surface area contributed by atoms with Gasteiger partial charge in [-0.3, -0.25) is 4.79 Å². The van der Waals surface area contributed by atoms with E-state index in [2.05, 4.69) is 25.8 Å². The van der Waals surface area contributed by atoms with Gasteiger partial charge in [-0.2, -0.15) is 0 Å². The van der Waals surface area contributed by atoms with Crippen LogP contribution in [0.3, 0.4) is 0 Å². The molecule has 1 atom stereocenters. The van der Waals surface area contributed by atoms with Gasteiger partial charge < -0.3 is 14.4 Å². The molecule has 1 aliphatic heterocycles. The third kappa shape index (κ3) is 6.82. The van der Waals surface area contributed by atoms with Crippen LogP contribution in [0.5, 0.6) is 0 Å². The maximum atomic E-state index is 13.8. The fourth-order valence-electron chi connectivity index (χ4n) is 4.11. The zero-order valence-corrected chi connectivity index (χ0v) is 25.4. The number of nitrogens with one attached hydrogen (secondary N) is 1. The van der Waals surface area contributed by atoms with Crippen LogP contribution in [0.15, 0.2) is 21.4 Å². The first-order valence-corrected chi connectivity index (χ1v) is 15.6. The molecule has 0 spiro atoms. The van der Waals surface area contributed by atoms with Crippen molar-refractivity contribution in [3.8, 4) is 21.3 Å². The molecule has 0 saturated carbocycles. The summed E-state index contributed by atoms with van der Waals surface area (Å²) in [5.74, 6) is 0.538. The molecule has 1 unspecified atom stereocenters. The van der Waals surface area contributed by atoms with Gasteiger partial charge in [-0.1, -0.05) is 29.3 Å². The van der Waals surface area contributed by atoms with Crippen LogP contribution in [0.4, 0.5) is 8.78 Å². The van der Waals surface area contributed by atoms with Gasteiger partial charge in [-0.05, 0) is 39.6 Å². The summed E-state index contributed by atoms with van der Waals surface area (Å²) in [6.07, 6.45) is -0.836. The van der Waals surface area contributed by atoms with Gasteiger partial charge in [0.25, 0.3) is 17.7 Å². The monoisotopic (exact) mass is 635 g/mol. The van der Waals surface area contributed by atoms with Gasteiger partial charge in [0.05, 0.1) is 41.5 Å². The van der Waals surface area contributed by atoms with E-state index in [0.717, 1.165) is 11.3 Å². The van der Waals surface area contributed by atoms with E-state index in [0.29, 0.717) is 10.4 Å². The molecular weight excluding hydrogens is 607 g/mol. The lowest BCUT2D eigenvalue weighted by molar-refractivity contribution is -0.0494. The number of rotatable bonds is 8. The lowest BCUT2D eigenvalue weighted by Gasteiger charge is -2.31. The largest absolute Gasteiger partial charge is 0.419 e. The first kappa shape index (κ1) is 30.8. The number of benzene rings is 1. The minimum absolute atomic E-state index is 0.00970. The second-order valence-corrected chi connectivity index (χ2v) is 14.3. The van der Waals surface area contributed by atoms with Crippen LogP contribution < -0.4 is 4.72 Å². The number of thiazole rings is 1. The third-order valence-electron chi connectivity index (χ3n) is 5.92. The lowest BCUT2D eigenvalue weighted by Crippen LogP contribution is -2.43. The van der Waals surface area contributed by atoms with Gasteiger partial charge >= 0.3 is 0 Å². The predicted molar refractivity (Wildman–Crippen MR) is 153 cm³/mol. The first-order chi connectivity index (χ1) is 18.5. The van der Waals surface area contributed by atoms with Crippen molar-refractivity contribution in [2.75, 3.05) is 13.1 Å². The molecule has 1 saturated heterocycles. The number of carbonyl (C=O) groups is 1. The minimum atomic E-state index is -2.99.